The average molecular weight is 519 g/mol. The highest BCUT2D eigenvalue weighted by Gasteiger charge is 2.23. The van der Waals surface area contributed by atoms with Gasteiger partial charge in [-0.25, -0.2) is 17.8 Å². The third-order valence-corrected chi connectivity index (χ3v) is 6.92. The van der Waals surface area contributed by atoms with Gasteiger partial charge in [-0.2, -0.15) is 4.37 Å². The van der Waals surface area contributed by atoms with Crippen LogP contribution in [0, 0.1) is 5.82 Å². The molecule has 3 rings (SSSR count). The van der Waals surface area contributed by atoms with Gasteiger partial charge in [-0.3, -0.25) is 4.72 Å². The Balaban J connectivity index is 1.80. The zero-order valence-corrected chi connectivity index (χ0v) is 20.2. The normalized spacial score (nSPS) is 11.5. The van der Waals surface area contributed by atoms with Crippen molar-refractivity contribution in [2.45, 2.75) is 31.1 Å². The van der Waals surface area contributed by atoms with Gasteiger partial charge in [0.25, 0.3) is 10.0 Å². The maximum atomic E-state index is 14.7. The predicted octanol–water partition coefficient (Wildman–Crippen LogP) is 5.51. The first-order chi connectivity index (χ1) is 15.3. The zero-order chi connectivity index (χ0) is 23.1. The van der Waals surface area contributed by atoms with Crippen molar-refractivity contribution in [3.8, 4) is 11.5 Å². The molecule has 0 unspecified atom stereocenters. The number of hydrogen-bond acceptors (Lipinski definition) is 7. The van der Waals surface area contributed by atoms with Gasteiger partial charge in [-0.15, -0.1) is 0 Å². The van der Waals surface area contributed by atoms with Crippen LogP contribution in [-0.4, -0.2) is 30.9 Å². The molecule has 0 radical (unpaired) electrons. The van der Waals surface area contributed by atoms with Crippen molar-refractivity contribution in [2.75, 3.05) is 17.8 Å². The lowest BCUT2D eigenvalue weighted by Crippen LogP contribution is -2.16. The van der Waals surface area contributed by atoms with Gasteiger partial charge in [-0.1, -0.05) is 30.1 Å². The van der Waals surface area contributed by atoms with E-state index in [0.717, 1.165) is 55.2 Å². The van der Waals surface area contributed by atoms with Crippen molar-refractivity contribution in [1.29, 1.82) is 0 Å². The molecule has 0 fully saturated rings. The molecule has 0 bridgehead atoms. The van der Waals surface area contributed by atoms with Crippen molar-refractivity contribution >= 4 is 49.9 Å². The highest BCUT2D eigenvalue weighted by atomic mass is 35.5. The summed E-state index contributed by atoms with van der Waals surface area (Å²) in [5, 5.41) is 3.83. The molecule has 1 heterocycles. The van der Waals surface area contributed by atoms with E-state index in [1.165, 1.54) is 6.33 Å². The highest BCUT2D eigenvalue weighted by Crippen LogP contribution is 2.36. The van der Waals surface area contributed by atoms with E-state index in [4.69, 9.17) is 27.9 Å². The number of ether oxygens (including phenoxy) is 1. The Kier molecular flexibility index (Phi) is 8.66. The number of benzene rings is 2. The second kappa shape index (κ2) is 11.2. The highest BCUT2D eigenvalue weighted by molar-refractivity contribution is 7.93. The largest absolute Gasteiger partial charge is 0.455 e. The molecular weight excluding hydrogens is 498 g/mol. The van der Waals surface area contributed by atoms with Crippen LogP contribution in [0.5, 0.6) is 11.5 Å². The standard InChI is InChI=1S/C20H21Cl2FN4O3S2/c1-2-7-24-8-3-4-13-9-14(21)5-6-17(13)30-18-11-16(23)19(10-15(18)22)32(28,29)27-20-25-12-26-31-20/h5-6,9-12,24H,2-4,7-8H2,1H3,(H,25,26,27). The van der Waals surface area contributed by atoms with E-state index < -0.39 is 20.7 Å². The molecule has 2 aromatic carbocycles. The molecule has 0 aliphatic rings. The molecule has 12 heteroatoms. The van der Waals surface area contributed by atoms with Crippen LogP contribution in [0.1, 0.15) is 25.3 Å². The third-order valence-electron chi connectivity index (χ3n) is 4.33. The van der Waals surface area contributed by atoms with Crippen molar-refractivity contribution in [3.63, 3.8) is 0 Å². The van der Waals surface area contributed by atoms with Crippen LogP contribution in [0.4, 0.5) is 9.52 Å². The maximum Gasteiger partial charge on any atom is 0.266 e. The number of sulfonamides is 1. The smallest absolute Gasteiger partial charge is 0.266 e. The fraction of sp³-hybridized carbons (Fsp3) is 0.300. The summed E-state index contributed by atoms with van der Waals surface area (Å²) in [5.74, 6) is -0.554. The van der Waals surface area contributed by atoms with Crippen LogP contribution in [-0.2, 0) is 16.4 Å². The van der Waals surface area contributed by atoms with Crippen LogP contribution in [0.15, 0.2) is 41.6 Å². The summed E-state index contributed by atoms with van der Waals surface area (Å²) >= 11 is 13.2. The van der Waals surface area contributed by atoms with Crippen LogP contribution < -0.4 is 14.8 Å². The van der Waals surface area contributed by atoms with E-state index in [0.29, 0.717) is 17.2 Å². The molecule has 7 nitrogen and oxygen atoms in total. The lowest BCUT2D eigenvalue weighted by Gasteiger charge is -2.14. The molecule has 0 spiro atoms. The Morgan fingerprint density at radius 2 is 1.97 bits per heavy atom. The van der Waals surface area contributed by atoms with Crippen LogP contribution in [0.25, 0.3) is 0 Å². The monoisotopic (exact) mass is 518 g/mol. The van der Waals surface area contributed by atoms with Gasteiger partial charge in [0.2, 0.25) is 5.13 Å². The summed E-state index contributed by atoms with van der Waals surface area (Å²) in [7, 11) is -4.24. The molecule has 172 valence electrons. The number of nitrogens with one attached hydrogen (secondary N) is 2. The molecule has 0 aliphatic heterocycles. The number of aryl methyl sites for hydroxylation is 1. The lowest BCUT2D eigenvalue weighted by molar-refractivity contribution is 0.466. The fourth-order valence-corrected chi connectivity index (χ4v) is 5.06. The number of anilines is 1. The Bertz CT molecular complexity index is 1160. The van der Waals surface area contributed by atoms with Gasteiger partial charge in [0.15, 0.2) is 0 Å². The molecule has 0 atom stereocenters. The quantitative estimate of drug-likeness (QED) is 0.325. The summed E-state index contributed by atoms with van der Waals surface area (Å²) in [6.07, 6.45) is 3.78. The molecule has 0 saturated carbocycles. The number of halogens is 3. The summed E-state index contributed by atoms with van der Waals surface area (Å²) in [4.78, 5) is 3.11. The predicted molar refractivity (Wildman–Crippen MR) is 125 cm³/mol. The van der Waals surface area contributed by atoms with E-state index in [-0.39, 0.29) is 15.9 Å². The van der Waals surface area contributed by atoms with Crippen LogP contribution >= 0.6 is 34.7 Å². The minimum atomic E-state index is -4.24. The first-order valence-corrected chi connectivity index (χ1v) is 12.8. The second-order valence-electron chi connectivity index (χ2n) is 6.77. The first-order valence-electron chi connectivity index (χ1n) is 9.75. The number of aromatic nitrogens is 2. The van der Waals surface area contributed by atoms with Crippen molar-refractivity contribution in [3.05, 3.63) is 58.1 Å². The molecule has 0 amide bonds. The van der Waals surface area contributed by atoms with E-state index in [2.05, 4.69) is 26.3 Å². The van der Waals surface area contributed by atoms with Gasteiger partial charge in [0.1, 0.15) is 28.5 Å². The molecule has 1 aromatic heterocycles. The van der Waals surface area contributed by atoms with Crippen LogP contribution in [0.3, 0.4) is 0 Å². The van der Waals surface area contributed by atoms with Gasteiger partial charge in [-0.05, 0) is 62.2 Å². The van der Waals surface area contributed by atoms with Gasteiger partial charge in [0.05, 0.1) is 5.02 Å². The van der Waals surface area contributed by atoms with E-state index in [9.17, 15) is 12.8 Å². The van der Waals surface area contributed by atoms with Crippen molar-refractivity contribution < 1.29 is 17.5 Å². The Morgan fingerprint density at radius 3 is 2.69 bits per heavy atom. The summed E-state index contributed by atoms with van der Waals surface area (Å²) in [6.45, 7) is 3.88. The minimum absolute atomic E-state index is 0.00767. The van der Waals surface area contributed by atoms with E-state index >= 15 is 0 Å². The summed E-state index contributed by atoms with van der Waals surface area (Å²) in [6, 6.07) is 7.06. The number of rotatable bonds is 11. The van der Waals surface area contributed by atoms with E-state index in [1.807, 2.05) is 0 Å². The van der Waals surface area contributed by atoms with Gasteiger partial charge >= 0.3 is 0 Å². The Labute approximate surface area is 200 Å². The van der Waals surface area contributed by atoms with Gasteiger partial charge < -0.3 is 10.1 Å². The molecule has 2 N–H and O–H groups in total. The van der Waals surface area contributed by atoms with Crippen molar-refractivity contribution in [1.82, 2.24) is 14.7 Å². The van der Waals surface area contributed by atoms with Crippen LogP contribution in [0.2, 0.25) is 10.0 Å². The molecule has 3 aromatic rings. The third kappa shape index (κ3) is 6.52. The topological polar surface area (TPSA) is 93.2 Å². The molecule has 32 heavy (non-hydrogen) atoms. The lowest BCUT2D eigenvalue weighted by atomic mass is 10.1. The Morgan fingerprint density at radius 1 is 1.16 bits per heavy atom. The summed E-state index contributed by atoms with van der Waals surface area (Å²) < 4.78 is 51.4. The summed E-state index contributed by atoms with van der Waals surface area (Å²) in [5.41, 5.74) is 0.835. The minimum Gasteiger partial charge on any atom is -0.455 e. The van der Waals surface area contributed by atoms with Gasteiger partial charge in [0, 0.05) is 22.6 Å². The maximum absolute atomic E-state index is 14.7. The zero-order valence-electron chi connectivity index (χ0n) is 17.1. The SMILES string of the molecule is CCCNCCCc1cc(Cl)ccc1Oc1cc(F)c(S(=O)(=O)Nc2ncns2)cc1Cl. The second-order valence-corrected chi connectivity index (χ2v) is 10.0. The van der Waals surface area contributed by atoms with Crippen molar-refractivity contribution in [2.24, 2.45) is 0 Å². The number of nitrogens with zero attached hydrogens (tertiary/aromatic N) is 2. The van der Waals surface area contributed by atoms with E-state index in [1.54, 1.807) is 18.2 Å². The molecular formula is C20H21Cl2FN4O3S2. The average Bonchev–Trinajstić information content (AvgIpc) is 3.24. The molecule has 0 aliphatic carbocycles. The Hall–Kier alpha value is -1.98. The fourth-order valence-electron chi connectivity index (χ4n) is 2.85. The first kappa shape index (κ1) is 24.7. The molecule has 0 saturated heterocycles. The number of hydrogen-bond donors (Lipinski definition) is 2.